The molecule has 2 aromatic carbocycles. The van der Waals surface area contributed by atoms with Crippen LogP contribution in [0, 0.1) is 12.7 Å². The van der Waals surface area contributed by atoms with Gasteiger partial charge in [-0.15, -0.1) is 0 Å². The molecule has 0 aliphatic rings. The number of carboxylic acids is 1. The van der Waals surface area contributed by atoms with Crippen molar-refractivity contribution >= 4 is 16.9 Å². The molecule has 21 heavy (non-hydrogen) atoms. The van der Waals surface area contributed by atoms with E-state index in [1.165, 1.54) is 12.1 Å². The summed E-state index contributed by atoms with van der Waals surface area (Å²) in [6.45, 7) is 2.31. The van der Waals surface area contributed by atoms with Crippen molar-refractivity contribution in [2.45, 2.75) is 13.5 Å². The molecule has 106 valence electrons. The Labute approximate surface area is 121 Å². The van der Waals surface area contributed by atoms with Gasteiger partial charge in [0.05, 0.1) is 5.56 Å². The Morgan fingerprint density at radius 3 is 2.57 bits per heavy atom. The Hall–Kier alpha value is -2.62. The second-order valence-electron chi connectivity index (χ2n) is 5.00. The minimum Gasteiger partial charge on any atom is -0.478 e. The van der Waals surface area contributed by atoms with Crippen LogP contribution >= 0.6 is 0 Å². The molecule has 0 aliphatic carbocycles. The molecule has 1 aromatic heterocycles. The molecule has 0 spiro atoms. The smallest absolute Gasteiger partial charge is 0.338 e. The van der Waals surface area contributed by atoms with Crippen molar-refractivity contribution in [3.63, 3.8) is 0 Å². The summed E-state index contributed by atoms with van der Waals surface area (Å²) in [4.78, 5) is 11.5. The molecule has 0 fully saturated rings. The number of aromatic carboxylic acids is 1. The molecule has 4 heteroatoms. The first-order chi connectivity index (χ1) is 10.1. The van der Waals surface area contributed by atoms with Crippen LogP contribution < -0.4 is 0 Å². The molecular formula is C17H14FNO2. The zero-order chi connectivity index (χ0) is 15.0. The highest BCUT2D eigenvalue weighted by Gasteiger charge is 2.19. The van der Waals surface area contributed by atoms with E-state index in [0.717, 1.165) is 11.1 Å². The minimum absolute atomic E-state index is 0.167. The SMILES string of the molecule is Cc1c(C(=O)O)c2cc(F)ccc2n1Cc1ccccc1. The van der Waals surface area contributed by atoms with Gasteiger partial charge < -0.3 is 9.67 Å². The number of hydrogen-bond donors (Lipinski definition) is 1. The van der Waals surface area contributed by atoms with Crippen molar-refractivity contribution in [2.24, 2.45) is 0 Å². The van der Waals surface area contributed by atoms with Crippen LogP contribution in [0.3, 0.4) is 0 Å². The molecule has 0 atom stereocenters. The van der Waals surface area contributed by atoms with Gasteiger partial charge in [-0.3, -0.25) is 0 Å². The molecule has 0 bridgehead atoms. The highest BCUT2D eigenvalue weighted by atomic mass is 19.1. The number of halogens is 1. The van der Waals surface area contributed by atoms with Gasteiger partial charge in [0, 0.05) is 23.1 Å². The van der Waals surface area contributed by atoms with Crippen LogP contribution in [0.4, 0.5) is 4.39 Å². The molecule has 1 N–H and O–H groups in total. The third-order valence-corrected chi connectivity index (χ3v) is 3.68. The van der Waals surface area contributed by atoms with Crippen molar-refractivity contribution < 1.29 is 14.3 Å². The number of fused-ring (bicyclic) bond motifs is 1. The predicted octanol–water partition coefficient (Wildman–Crippen LogP) is 3.84. The quantitative estimate of drug-likeness (QED) is 0.793. The molecule has 0 saturated heterocycles. The number of carboxylic acid groups (broad SMARTS) is 1. The molecule has 3 aromatic rings. The molecule has 1 heterocycles. The molecular weight excluding hydrogens is 269 g/mol. The molecule has 0 unspecified atom stereocenters. The molecule has 0 saturated carbocycles. The fraction of sp³-hybridized carbons (Fsp3) is 0.118. The van der Waals surface area contributed by atoms with Gasteiger partial charge >= 0.3 is 5.97 Å². The Kier molecular flexibility index (Phi) is 3.22. The molecule has 0 aliphatic heterocycles. The fourth-order valence-corrected chi connectivity index (χ4v) is 2.69. The standard InChI is InChI=1S/C17H14FNO2/c1-11-16(17(20)21)14-9-13(18)7-8-15(14)19(11)10-12-5-3-2-4-6-12/h2-9H,10H2,1H3,(H,20,21). The van der Waals surface area contributed by atoms with E-state index in [1.54, 1.807) is 13.0 Å². The van der Waals surface area contributed by atoms with Gasteiger partial charge in [0.25, 0.3) is 0 Å². The van der Waals surface area contributed by atoms with Crippen molar-refractivity contribution in [1.82, 2.24) is 4.57 Å². The van der Waals surface area contributed by atoms with Crippen LogP contribution in [-0.2, 0) is 6.54 Å². The van der Waals surface area contributed by atoms with E-state index in [2.05, 4.69) is 0 Å². The van der Waals surface area contributed by atoms with Crippen LogP contribution in [0.5, 0.6) is 0 Å². The van der Waals surface area contributed by atoms with Crippen LogP contribution in [0.15, 0.2) is 48.5 Å². The summed E-state index contributed by atoms with van der Waals surface area (Å²) < 4.78 is 15.4. The number of benzene rings is 2. The zero-order valence-corrected chi connectivity index (χ0v) is 11.5. The predicted molar refractivity (Wildman–Crippen MR) is 79.1 cm³/mol. The van der Waals surface area contributed by atoms with E-state index in [-0.39, 0.29) is 5.56 Å². The van der Waals surface area contributed by atoms with E-state index >= 15 is 0 Å². The normalized spacial score (nSPS) is 11.0. The third-order valence-electron chi connectivity index (χ3n) is 3.68. The maximum absolute atomic E-state index is 13.4. The average molecular weight is 283 g/mol. The minimum atomic E-state index is -1.03. The summed E-state index contributed by atoms with van der Waals surface area (Å²) in [5.74, 6) is -1.46. The van der Waals surface area contributed by atoms with Gasteiger partial charge in [-0.05, 0) is 30.7 Å². The van der Waals surface area contributed by atoms with Gasteiger partial charge in [0.15, 0.2) is 0 Å². The lowest BCUT2D eigenvalue weighted by Crippen LogP contribution is -2.04. The van der Waals surface area contributed by atoms with E-state index in [1.807, 2.05) is 34.9 Å². The molecule has 3 nitrogen and oxygen atoms in total. The highest BCUT2D eigenvalue weighted by Crippen LogP contribution is 2.27. The second-order valence-corrected chi connectivity index (χ2v) is 5.00. The first kappa shape index (κ1) is 13.4. The topological polar surface area (TPSA) is 42.2 Å². The summed E-state index contributed by atoms with van der Waals surface area (Å²) in [7, 11) is 0. The van der Waals surface area contributed by atoms with Crippen LogP contribution in [0.1, 0.15) is 21.6 Å². The Morgan fingerprint density at radius 1 is 1.19 bits per heavy atom. The summed E-state index contributed by atoms with van der Waals surface area (Å²) in [5.41, 5.74) is 2.60. The first-order valence-electron chi connectivity index (χ1n) is 6.63. The van der Waals surface area contributed by atoms with E-state index in [4.69, 9.17) is 0 Å². The molecule has 0 amide bonds. The lowest BCUT2D eigenvalue weighted by molar-refractivity contribution is 0.0698. The monoisotopic (exact) mass is 283 g/mol. The lowest BCUT2D eigenvalue weighted by Gasteiger charge is -2.08. The Morgan fingerprint density at radius 2 is 1.90 bits per heavy atom. The summed E-state index contributed by atoms with van der Waals surface area (Å²) in [6, 6.07) is 14.0. The fourth-order valence-electron chi connectivity index (χ4n) is 2.69. The second kappa shape index (κ2) is 5.05. The largest absolute Gasteiger partial charge is 0.478 e. The van der Waals surface area contributed by atoms with E-state index < -0.39 is 11.8 Å². The van der Waals surface area contributed by atoms with Crippen LogP contribution in [-0.4, -0.2) is 15.6 Å². The van der Waals surface area contributed by atoms with Gasteiger partial charge in [0.2, 0.25) is 0 Å². The molecule has 0 radical (unpaired) electrons. The number of carbonyl (C=O) groups is 1. The van der Waals surface area contributed by atoms with Crippen molar-refractivity contribution in [3.05, 3.63) is 71.2 Å². The van der Waals surface area contributed by atoms with Gasteiger partial charge in [0.1, 0.15) is 5.82 Å². The first-order valence-corrected chi connectivity index (χ1v) is 6.63. The van der Waals surface area contributed by atoms with Gasteiger partial charge in [-0.2, -0.15) is 0 Å². The number of hydrogen-bond acceptors (Lipinski definition) is 1. The number of nitrogens with zero attached hydrogens (tertiary/aromatic N) is 1. The number of aromatic nitrogens is 1. The Bertz CT molecular complexity index is 822. The van der Waals surface area contributed by atoms with Crippen LogP contribution in [0.2, 0.25) is 0 Å². The maximum Gasteiger partial charge on any atom is 0.338 e. The average Bonchev–Trinajstić information content (AvgIpc) is 2.72. The summed E-state index contributed by atoms with van der Waals surface area (Å²) >= 11 is 0. The lowest BCUT2D eigenvalue weighted by atomic mass is 10.1. The number of rotatable bonds is 3. The van der Waals surface area contributed by atoms with Gasteiger partial charge in [-0.1, -0.05) is 30.3 Å². The molecule has 3 rings (SSSR count). The van der Waals surface area contributed by atoms with E-state index in [0.29, 0.717) is 17.6 Å². The van der Waals surface area contributed by atoms with Crippen molar-refractivity contribution in [3.8, 4) is 0 Å². The maximum atomic E-state index is 13.4. The van der Waals surface area contributed by atoms with Gasteiger partial charge in [-0.25, -0.2) is 9.18 Å². The summed E-state index contributed by atoms with van der Waals surface area (Å²) in [5, 5.41) is 9.84. The van der Waals surface area contributed by atoms with E-state index in [9.17, 15) is 14.3 Å². The van der Waals surface area contributed by atoms with Crippen LogP contribution in [0.25, 0.3) is 10.9 Å². The van der Waals surface area contributed by atoms with Crippen molar-refractivity contribution in [1.29, 1.82) is 0 Å². The Balaban J connectivity index is 2.23. The zero-order valence-electron chi connectivity index (χ0n) is 11.5. The summed E-state index contributed by atoms with van der Waals surface area (Å²) in [6.07, 6.45) is 0. The third kappa shape index (κ3) is 2.29. The highest BCUT2D eigenvalue weighted by molar-refractivity contribution is 6.05. The van der Waals surface area contributed by atoms with Crippen molar-refractivity contribution in [2.75, 3.05) is 0 Å².